The number of aliphatic carboxylic acids is 1. The number of ether oxygens (including phenoxy) is 3. The van der Waals surface area contributed by atoms with E-state index in [1.54, 1.807) is 30.3 Å². The Morgan fingerprint density at radius 3 is 2.15 bits per heavy atom. The van der Waals surface area contributed by atoms with Gasteiger partial charge in [0.05, 0.1) is 34.4 Å². The van der Waals surface area contributed by atoms with E-state index in [0.29, 0.717) is 39.7 Å². The molecule has 1 spiro atoms. The first-order chi connectivity index (χ1) is 35.6. The summed E-state index contributed by atoms with van der Waals surface area (Å²) in [6.45, 7) is 2.05. The number of fused-ring (bicyclic) bond motifs is 3. The van der Waals surface area contributed by atoms with Gasteiger partial charge in [0.25, 0.3) is 23.2 Å². The van der Waals surface area contributed by atoms with Crippen molar-refractivity contribution in [2.45, 2.75) is 49.0 Å². The third-order valence-corrected chi connectivity index (χ3v) is 14.8. The van der Waals surface area contributed by atoms with E-state index in [9.17, 15) is 49.3 Å². The smallest absolute Gasteiger partial charge is 0.352 e. The fraction of sp³-hybridized carbons (Fsp3) is 0.204. The lowest BCUT2D eigenvalue weighted by atomic mass is 9.91. The maximum Gasteiger partial charge on any atom is 0.352 e. The number of rotatable bonds is 18. The Morgan fingerprint density at radius 1 is 0.784 bits per heavy atom. The summed E-state index contributed by atoms with van der Waals surface area (Å²) in [6, 6.07) is 33.7. The van der Waals surface area contributed by atoms with E-state index in [-0.39, 0.29) is 55.4 Å². The van der Waals surface area contributed by atoms with Crippen LogP contribution in [0.15, 0.2) is 148 Å². The zero-order valence-electron chi connectivity index (χ0n) is 39.2. The summed E-state index contributed by atoms with van der Waals surface area (Å²) < 4.78 is 24.1. The first-order valence-corrected chi connectivity index (χ1v) is 24.1. The van der Waals surface area contributed by atoms with Crippen LogP contribution in [-0.2, 0) is 27.4 Å². The molecule has 0 aromatic heterocycles. The number of carbonyl (C=O) groups is 4. The lowest BCUT2D eigenvalue weighted by Crippen LogP contribution is -2.71. The van der Waals surface area contributed by atoms with Gasteiger partial charge < -0.3 is 34.4 Å². The van der Waals surface area contributed by atoms with E-state index in [4.69, 9.17) is 18.6 Å². The number of nitrogens with one attached hydrogen (secondary N) is 2. The average Bonchev–Trinajstić information content (AvgIpc) is 4.17. The van der Waals surface area contributed by atoms with E-state index < -0.39 is 55.2 Å². The maximum absolute atomic E-state index is 13.4. The van der Waals surface area contributed by atoms with E-state index in [2.05, 4.69) is 10.6 Å². The zero-order chi connectivity index (χ0) is 51.8. The number of hydrogen-bond acceptors (Lipinski definition) is 14. The molecule has 1 saturated carbocycles. The van der Waals surface area contributed by atoms with Gasteiger partial charge in [-0.05, 0) is 90.6 Å². The minimum absolute atomic E-state index is 0.00459. The molecule has 19 nitrogen and oxygen atoms in total. The highest BCUT2D eigenvalue weighted by Gasteiger charge is 2.64. The van der Waals surface area contributed by atoms with Crippen LogP contribution in [0.1, 0.15) is 39.9 Å². The van der Waals surface area contributed by atoms with Gasteiger partial charge in [-0.25, -0.2) is 4.79 Å². The predicted octanol–water partition coefficient (Wildman–Crippen LogP) is 7.97. The molecule has 2 aliphatic carbocycles. The molecule has 3 heterocycles. The number of nitro groups is 2. The molecule has 0 bridgehead atoms. The number of hydrogen-bond donors (Lipinski definition) is 3. The van der Waals surface area contributed by atoms with Crippen molar-refractivity contribution in [3.63, 3.8) is 0 Å². The van der Waals surface area contributed by atoms with Crippen molar-refractivity contribution in [2.24, 2.45) is 0 Å². The third-order valence-electron chi connectivity index (χ3n) is 13.0. The quantitative estimate of drug-likeness (QED) is 0.0242. The van der Waals surface area contributed by atoms with Crippen LogP contribution in [0.3, 0.4) is 0 Å². The number of thioether (sulfide) groups is 1. The van der Waals surface area contributed by atoms with Gasteiger partial charge in [0, 0.05) is 51.1 Å². The average molecular weight is 1020 g/mol. The van der Waals surface area contributed by atoms with E-state index in [0.717, 1.165) is 64.2 Å². The zero-order valence-corrected chi connectivity index (χ0v) is 40.0. The third kappa shape index (κ3) is 9.81. The fourth-order valence-corrected chi connectivity index (χ4v) is 10.9. The number of carbonyl (C=O) groups excluding carboxylic acids is 3. The summed E-state index contributed by atoms with van der Waals surface area (Å²) in [6.07, 6.45) is 1.54. The Bertz CT molecular complexity index is 3470. The molecule has 2 fully saturated rings. The topological polar surface area (TPSA) is 260 Å². The molecule has 374 valence electrons. The number of carboxylic acid groups (broad SMARTS) is 1. The molecular formula is C54H43N5O14S. The van der Waals surface area contributed by atoms with E-state index in [1.807, 2.05) is 73.7 Å². The molecule has 5 aliphatic rings. The predicted molar refractivity (Wildman–Crippen MR) is 270 cm³/mol. The molecular weight excluding hydrogens is 975 g/mol. The Balaban J connectivity index is 0.783. The van der Waals surface area contributed by atoms with Crippen LogP contribution < -0.4 is 30.3 Å². The summed E-state index contributed by atoms with van der Waals surface area (Å²) in [7, 11) is 0. The number of non-ortho nitro benzene ring substituents is 2. The van der Waals surface area contributed by atoms with Crippen LogP contribution >= 0.6 is 11.8 Å². The minimum Gasteiger partial charge on any atom is -0.492 e. The van der Waals surface area contributed by atoms with Gasteiger partial charge in [0.2, 0.25) is 5.91 Å². The normalized spacial score (nSPS) is 16.3. The van der Waals surface area contributed by atoms with Crippen LogP contribution in [-0.4, -0.2) is 79.5 Å². The molecule has 3 amide bonds. The van der Waals surface area contributed by atoms with Crippen molar-refractivity contribution in [1.82, 2.24) is 15.5 Å². The maximum atomic E-state index is 13.4. The van der Waals surface area contributed by atoms with Gasteiger partial charge >= 0.3 is 5.97 Å². The summed E-state index contributed by atoms with van der Waals surface area (Å²) in [5.74, 6) is -0.906. The molecule has 2 atom stereocenters. The van der Waals surface area contributed by atoms with Crippen molar-refractivity contribution in [1.29, 1.82) is 0 Å². The molecule has 74 heavy (non-hydrogen) atoms. The molecule has 20 heteroatoms. The van der Waals surface area contributed by atoms with Gasteiger partial charge in [-0.1, -0.05) is 48.5 Å². The number of β-lactam (4-membered cyclic amide) rings is 1. The van der Waals surface area contributed by atoms with Gasteiger partial charge in [0.15, 0.2) is 5.43 Å². The monoisotopic (exact) mass is 1020 g/mol. The molecule has 3 N–H and O–H groups in total. The summed E-state index contributed by atoms with van der Waals surface area (Å²) in [4.78, 5) is 86.4. The largest absolute Gasteiger partial charge is 0.492 e. The molecule has 10 rings (SSSR count). The van der Waals surface area contributed by atoms with Crippen LogP contribution in [0, 0.1) is 27.2 Å². The molecule has 5 aromatic carbocycles. The van der Waals surface area contributed by atoms with Crippen molar-refractivity contribution in [3.8, 4) is 39.7 Å². The molecule has 3 aliphatic heterocycles. The second-order valence-electron chi connectivity index (χ2n) is 17.9. The van der Waals surface area contributed by atoms with Gasteiger partial charge in [-0.2, -0.15) is 0 Å². The summed E-state index contributed by atoms with van der Waals surface area (Å²) >= 11 is 1.50. The number of amides is 3. The lowest BCUT2D eigenvalue weighted by Gasteiger charge is -2.51. The molecule has 1 saturated heterocycles. The number of carboxylic acids is 1. The van der Waals surface area contributed by atoms with E-state index >= 15 is 0 Å². The molecule has 0 unspecified atom stereocenters. The van der Waals surface area contributed by atoms with Gasteiger partial charge in [-0.15, -0.1) is 11.8 Å². The Kier molecular flexibility index (Phi) is 13.0. The second kappa shape index (κ2) is 19.9. The van der Waals surface area contributed by atoms with Crippen LogP contribution in [0.5, 0.6) is 17.2 Å². The Hall–Kier alpha value is -9.04. The number of nitro benzene ring substituents is 2. The lowest BCUT2D eigenvalue weighted by molar-refractivity contribution is -0.394. The van der Waals surface area contributed by atoms with Crippen LogP contribution in [0.25, 0.3) is 33.4 Å². The number of benzene rings is 6. The van der Waals surface area contributed by atoms with Crippen LogP contribution in [0.4, 0.5) is 11.4 Å². The van der Waals surface area contributed by atoms with Crippen molar-refractivity contribution < 1.29 is 52.8 Å². The number of aryl methyl sites for hydroxylation is 1. The van der Waals surface area contributed by atoms with Crippen molar-refractivity contribution in [3.05, 3.63) is 191 Å². The fourth-order valence-electron chi connectivity index (χ4n) is 9.20. The minimum atomic E-state index is -1.23. The van der Waals surface area contributed by atoms with E-state index in [1.165, 1.54) is 28.8 Å². The summed E-state index contributed by atoms with van der Waals surface area (Å²) in [5, 5.41) is 38.5. The van der Waals surface area contributed by atoms with Gasteiger partial charge in [-0.3, -0.25) is 44.3 Å². The first-order valence-electron chi connectivity index (χ1n) is 23.3. The highest BCUT2D eigenvalue weighted by atomic mass is 32.2. The Morgan fingerprint density at radius 2 is 1.46 bits per heavy atom. The molecule has 5 aromatic rings. The van der Waals surface area contributed by atoms with Crippen LogP contribution in [0.2, 0.25) is 0 Å². The number of nitrogens with zero attached hydrogens (tertiary/aromatic N) is 3. The molecule has 0 radical (unpaired) electrons. The standard InChI is InChI=1S/C54H43N5O14S/c1-30-21-38(70-20-19-55-50(62)33-23-34(58(66)67)25-35(24-33)59(68)69)12-15-40(30)47-41-14-9-36(60)26-44(41)73-45-27-39(13-16-42(45)47)71-28-32-7-10-37(11-8-32)72-29-43-49(53(64)65)57-51(63)48(52(57)74-54(43)17-18-54)56-46(61)22-31-5-3-2-4-6-31/h2-16,21,23-27,48,52H,17-20,22,28-29H2,1H3,(H,55,62)(H,56,61)(H,64,65)/t48-,52-/m1/s1. The highest BCUT2D eigenvalue weighted by molar-refractivity contribution is 8.02. The second-order valence-corrected chi connectivity index (χ2v) is 19.4. The van der Waals surface area contributed by atoms with Gasteiger partial charge in [0.1, 0.15) is 65.5 Å². The van der Waals surface area contributed by atoms with Crippen molar-refractivity contribution >= 4 is 57.8 Å². The highest BCUT2D eigenvalue weighted by Crippen LogP contribution is 2.62. The Labute approximate surface area is 424 Å². The SMILES string of the molecule is Cc1cc(OCCNC(=O)c2cc([N+](=O)[O-])cc([N+](=O)[O-])c2)ccc1-c1c2ccc(=O)cc-2oc2cc(OCc3ccc(OCC4=C(C(=O)O)N5C(=O)[C@@H](NC(=O)Cc6ccccc6)[C@H]5SC45CC5)cc3)ccc12. The first kappa shape index (κ1) is 48.6. The van der Waals surface area contributed by atoms with Crippen molar-refractivity contribution in [2.75, 3.05) is 19.8 Å². The summed E-state index contributed by atoms with van der Waals surface area (Å²) in [5.41, 5.74) is 4.04.